The third-order valence-electron chi connectivity index (χ3n) is 4.56. The van der Waals surface area contributed by atoms with Gasteiger partial charge in [-0.25, -0.2) is 18.1 Å². The van der Waals surface area contributed by atoms with Gasteiger partial charge in [0.2, 0.25) is 10.0 Å². The van der Waals surface area contributed by atoms with E-state index in [2.05, 4.69) is 14.7 Å². The second kappa shape index (κ2) is 7.92. The molecule has 0 fully saturated rings. The second-order valence-electron chi connectivity index (χ2n) is 6.51. The Balaban J connectivity index is 1.42. The average molecular weight is 392 g/mol. The SMILES string of the molecule is O=S(=O)(NCCc1ccccc1)c1ccc(Cn2cnc3cnccc32)cc1. The Kier molecular flexibility index (Phi) is 5.18. The first kappa shape index (κ1) is 18.3. The molecular formula is C21H20N4O2S. The van der Waals surface area contributed by atoms with Crippen molar-refractivity contribution in [2.45, 2.75) is 17.9 Å². The second-order valence-corrected chi connectivity index (χ2v) is 8.28. The average Bonchev–Trinajstić information content (AvgIpc) is 3.12. The van der Waals surface area contributed by atoms with Crippen molar-refractivity contribution in [1.82, 2.24) is 19.3 Å². The minimum Gasteiger partial charge on any atom is -0.326 e. The van der Waals surface area contributed by atoms with Crippen LogP contribution in [0.15, 0.2) is 84.3 Å². The Labute approximate surface area is 163 Å². The van der Waals surface area contributed by atoms with Gasteiger partial charge in [0.15, 0.2) is 0 Å². The summed E-state index contributed by atoms with van der Waals surface area (Å²) < 4.78 is 29.7. The first-order valence-electron chi connectivity index (χ1n) is 8.99. The molecule has 2 heterocycles. The molecule has 0 amide bonds. The van der Waals surface area contributed by atoms with E-state index in [0.29, 0.717) is 19.5 Å². The van der Waals surface area contributed by atoms with Gasteiger partial charge in [0.1, 0.15) is 5.52 Å². The van der Waals surface area contributed by atoms with Gasteiger partial charge in [-0.15, -0.1) is 0 Å². The van der Waals surface area contributed by atoms with Gasteiger partial charge >= 0.3 is 0 Å². The van der Waals surface area contributed by atoms with Crippen LogP contribution < -0.4 is 4.72 Å². The highest BCUT2D eigenvalue weighted by molar-refractivity contribution is 7.89. The third kappa shape index (κ3) is 4.11. The molecule has 142 valence electrons. The fraction of sp³-hybridized carbons (Fsp3) is 0.143. The molecule has 0 unspecified atom stereocenters. The molecule has 0 radical (unpaired) electrons. The van der Waals surface area contributed by atoms with Gasteiger partial charge < -0.3 is 4.57 Å². The number of benzene rings is 2. The molecule has 2 aromatic carbocycles. The maximum atomic E-state index is 12.5. The smallest absolute Gasteiger partial charge is 0.240 e. The van der Waals surface area contributed by atoms with Crippen LogP contribution in [0.25, 0.3) is 11.0 Å². The number of hydrogen-bond donors (Lipinski definition) is 1. The van der Waals surface area contributed by atoms with Crippen LogP contribution in [-0.4, -0.2) is 29.5 Å². The number of hydrogen-bond acceptors (Lipinski definition) is 4. The van der Waals surface area contributed by atoms with E-state index in [4.69, 9.17) is 0 Å². The normalized spacial score (nSPS) is 11.7. The van der Waals surface area contributed by atoms with E-state index in [1.165, 1.54) is 0 Å². The zero-order valence-corrected chi connectivity index (χ0v) is 16.0. The number of pyridine rings is 1. The molecule has 0 atom stereocenters. The maximum Gasteiger partial charge on any atom is 0.240 e. The fourth-order valence-corrected chi connectivity index (χ4v) is 4.10. The molecule has 0 saturated carbocycles. The summed E-state index contributed by atoms with van der Waals surface area (Å²) in [6, 6.07) is 18.7. The molecule has 0 saturated heterocycles. The monoisotopic (exact) mass is 392 g/mol. The Morgan fingerprint density at radius 2 is 1.71 bits per heavy atom. The summed E-state index contributed by atoms with van der Waals surface area (Å²) in [5.74, 6) is 0. The van der Waals surface area contributed by atoms with E-state index in [9.17, 15) is 8.42 Å². The Hall–Kier alpha value is -3.03. The van der Waals surface area contributed by atoms with Gasteiger partial charge in [-0.1, -0.05) is 42.5 Å². The van der Waals surface area contributed by atoms with Crippen LogP contribution in [0.2, 0.25) is 0 Å². The zero-order valence-electron chi connectivity index (χ0n) is 15.2. The summed E-state index contributed by atoms with van der Waals surface area (Å²) in [5.41, 5.74) is 3.93. The van der Waals surface area contributed by atoms with Gasteiger partial charge in [0.25, 0.3) is 0 Å². The molecule has 7 heteroatoms. The van der Waals surface area contributed by atoms with Crippen LogP contribution in [0.3, 0.4) is 0 Å². The summed E-state index contributed by atoms with van der Waals surface area (Å²) >= 11 is 0. The Morgan fingerprint density at radius 3 is 2.50 bits per heavy atom. The topological polar surface area (TPSA) is 76.9 Å². The van der Waals surface area contributed by atoms with Crippen molar-refractivity contribution in [3.05, 3.63) is 90.5 Å². The standard InChI is InChI=1S/C21H20N4O2S/c26-28(27,24-13-10-17-4-2-1-3-5-17)19-8-6-18(7-9-19)15-25-16-23-20-14-22-12-11-21(20)25/h1-9,11-12,14,16,24H,10,13,15H2. The van der Waals surface area contributed by atoms with Crippen molar-refractivity contribution >= 4 is 21.1 Å². The zero-order chi connectivity index (χ0) is 19.4. The number of rotatable bonds is 7. The van der Waals surface area contributed by atoms with Crippen molar-refractivity contribution in [3.63, 3.8) is 0 Å². The highest BCUT2D eigenvalue weighted by Gasteiger charge is 2.13. The number of aromatic nitrogens is 3. The van der Waals surface area contributed by atoms with Crippen LogP contribution in [0.4, 0.5) is 0 Å². The van der Waals surface area contributed by atoms with Gasteiger partial charge in [-0.05, 0) is 35.7 Å². The molecule has 4 aromatic rings. The van der Waals surface area contributed by atoms with Crippen molar-refractivity contribution in [2.75, 3.05) is 6.54 Å². The lowest BCUT2D eigenvalue weighted by molar-refractivity contribution is 0.581. The lowest BCUT2D eigenvalue weighted by Gasteiger charge is -2.09. The molecule has 0 aliphatic carbocycles. The number of sulfonamides is 1. The summed E-state index contributed by atoms with van der Waals surface area (Å²) in [7, 11) is -3.52. The molecule has 6 nitrogen and oxygen atoms in total. The summed E-state index contributed by atoms with van der Waals surface area (Å²) in [6.07, 6.45) is 5.88. The summed E-state index contributed by atoms with van der Waals surface area (Å²) in [4.78, 5) is 8.66. The summed E-state index contributed by atoms with van der Waals surface area (Å²) in [6.45, 7) is 0.978. The van der Waals surface area contributed by atoms with Gasteiger partial charge in [0, 0.05) is 19.3 Å². The summed E-state index contributed by atoms with van der Waals surface area (Å²) in [5, 5.41) is 0. The lowest BCUT2D eigenvalue weighted by atomic mass is 10.2. The molecule has 0 aliphatic heterocycles. The molecule has 2 aromatic heterocycles. The minimum atomic E-state index is -3.52. The van der Waals surface area contributed by atoms with Crippen LogP contribution in [0.1, 0.15) is 11.1 Å². The van der Waals surface area contributed by atoms with Crippen molar-refractivity contribution < 1.29 is 8.42 Å². The number of imidazole rings is 1. The van der Waals surface area contributed by atoms with Crippen molar-refractivity contribution in [2.24, 2.45) is 0 Å². The quantitative estimate of drug-likeness (QED) is 0.525. The van der Waals surface area contributed by atoms with Crippen molar-refractivity contribution in [1.29, 1.82) is 0 Å². The Morgan fingerprint density at radius 1 is 0.929 bits per heavy atom. The van der Waals surface area contributed by atoms with E-state index in [1.54, 1.807) is 30.9 Å². The molecule has 0 aliphatic rings. The van der Waals surface area contributed by atoms with Gasteiger partial charge in [-0.3, -0.25) is 4.98 Å². The number of nitrogens with zero attached hydrogens (tertiary/aromatic N) is 3. The Bertz CT molecular complexity index is 1170. The van der Waals surface area contributed by atoms with Crippen LogP contribution in [-0.2, 0) is 23.0 Å². The van der Waals surface area contributed by atoms with E-state index < -0.39 is 10.0 Å². The van der Waals surface area contributed by atoms with Crippen molar-refractivity contribution in [3.8, 4) is 0 Å². The van der Waals surface area contributed by atoms with E-state index in [-0.39, 0.29) is 4.90 Å². The first-order chi connectivity index (χ1) is 13.6. The number of fused-ring (bicyclic) bond motifs is 1. The molecule has 0 bridgehead atoms. The van der Waals surface area contributed by atoms with Gasteiger partial charge in [-0.2, -0.15) is 0 Å². The lowest BCUT2D eigenvalue weighted by Crippen LogP contribution is -2.26. The number of nitrogens with one attached hydrogen (secondary N) is 1. The third-order valence-corrected chi connectivity index (χ3v) is 6.04. The predicted octanol–water partition coefficient (Wildman–Crippen LogP) is 3.00. The van der Waals surface area contributed by atoms with Crippen LogP contribution >= 0.6 is 0 Å². The maximum absolute atomic E-state index is 12.5. The van der Waals surface area contributed by atoms with Crippen LogP contribution in [0, 0.1) is 0 Å². The van der Waals surface area contributed by atoms with E-state index in [1.807, 2.05) is 53.1 Å². The predicted molar refractivity (Wildman–Crippen MR) is 108 cm³/mol. The van der Waals surface area contributed by atoms with E-state index in [0.717, 1.165) is 22.2 Å². The molecule has 4 rings (SSSR count). The van der Waals surface area contributed by atoms with E-state index >= 15 is 0 Å². The first-order valence-corrected chi connectivity index (χ1v) is 10.5. The molecule has 0 spiro atoms. The largest absolute Gasteiger partial charge is 0.326 e. The molecule has 28 heavy (non-hydrogen) atoms. The van der Waals surface area contributed by atoms with Crippen LogP contribution in [0.5, 0.6) is 0 Å². The highest BCUT2D eigenvalue weighted by Crippen LogP contribution is 2.15. The molecule has 1 N–H and O–H groups in total. The van der Waals surface area contributed by atoms with Gasteiger partial charge in [0.05, 0.1) is 22.9 Å². The molecular weight excluding hydrogens is 372 g/mol. The minimum absolute atomic E-state index is 0.268. The fourth-order valence-electron chi connectivity index (χ4n) is 3.07. The highest BCUT2D eigenvalue weighted by atomic mass is 32.2.